The summed E-state index contributed by atoms with van der Waals surface area (Å²) in [5.74, 6) is 0.524. The first-order chi connectivity index (χ1) is 16.1. The van der Waals surface area contributed by atoms with Crippen LogP contribution in [0.1, 0.15) is 21.6 Å². The molecule has 2 aliphatic heterocycles. The van der Waals surface area contributed by atoms with Gasteiger partial charge in [-0.15, -0.1) is 0 Å². The molecule has 4 heterocycles. The quantitative estimate of drug-likeness (QED) is 0.443. The molecular formula is C24H26ClN5O3. The van der Waals surface area contributed by atoms with Crippen LogP contribution in [0, 0.1) is 6.92 Å². The number of halogens is 1. The molecule has 8 nitrogen and oxygen atoms in total. The molecule has 172 valence electrons. The fourth-order valence-corrected chi connectivity index (χ4v) is 4.38. The standard InChI is InChI=1S/C24H26ClN5O3/c1-14-17(25)3-2-4-18(14)29-23-21-19(6-8-28-24(21)31)30-22(23)16-5-7-26-11-20(16)33-13-15-12-32-10-9-27-15/h2-5,7,11,15,27,29-30H,6,8-10,12-13H2,1H3,(H,28,31)/t15-/m1/s1. The average molecular weight is 468 g/mol. The van der Waals surface area contributed by atoms with E-state index >= 15 is 0 Å². The van der Waals surface area contributed by atoms with Crippen LogP contribution in [-0.4, -0.2) is 54.8 Å². The highest BCUT2D eigenvalue weighted by atomic mass is 35.5. The van der Waals surface area contributed by atoms with Gasteiger partial charge in [-0.3, -0.25) is 9.78 Å². The van der Waals surface area contributed by atoms with Gasteiger partial charge >= 0.3 is 0 Å². The Balaban J connectivity index is 1.54. The second kappa shape index (κ2) is 9.43. The lowest BCUT2D eigenvalue weighted by molar-refractivity contribution is 0.0593. The number of hydrogen-bond acceptors (Lipinski definition) is 6. The summed E-state index contributed by atoms with van der Waals surface area (Å²) >= 11 is 6.35. The van der Waals surface area contributed by atoms with E-state index in [1.807, 2.05) is 31.2 Å². The third-order valence-electron chi connectivity index (χ3n) is 5.98. The van der Waals surface area contributed by atoms with Gasteiger partial charge in [0.15, 0.2) is 0 Å². The summed E-state index contributed by atoms with van der Waals surface area (Å²) in [7, 11) is 0. The van der Waals surface area contributed by atoms with Gasteiger partial charge in [-0.1, -0.05) is 17.7 Å². The monoisotopic (exact) mass is 467 g/mol. The SMILES string of the molecule is Cc1c(Cl)cccc1Nc1c(-c2ccncc2OC[C@H]2COCCN2)[nH]c2c1C(=O)NCC2. The smallest absolute Gasteiger partial charge is 0.255 e. The van der Waals surface area contributed by atoms with Gasteiger partial charge in [0.2, 0.25) is 0 Å². The molecule has 0 unspecified atom stereocenters. The van der Waals surface area contributed by atoms with E-state index in [0.717, 1.165) is 41.2 Å². The van der Waals surface area contributed by atoms with Crippen molar-refractivity contribution in [3.8, 4) is 17.0 Å². The summed E-state index contributed by atoms with van der Waals surface area (Å²) in [6.45, 7) is 5.11. The molecule has 1 saturated heterocycles. The predicted molar refractivity (Wildman–Crippen MR) is 128 cm³/mol. The summed E-state index contributed by atoms with van der Waals surface area (Å²) < 4.78 is 11.7. The third-order valence-corrected chi connectivity index (χ3v) is 6.39. The number of carbonyl (C=O) groups excluding carboxylic acids is 1. The summed E-state index contributed by atoms with van der Waals surface area (Å²) in [6.07, 6.45) is 4.14. The Kier molecular flexibility index (Phi) is 6.22. The Hall–Kier alpha value is -3.07. The normalized spacial score (nSPS) is 17.9. The number of amides is 1. The molecule has 1 aromatic carbocycles. The number of anilines is 2. The van der Waals surface area contributed by atoms with Gasteiger partial charge in [0.05, 0.1) is 42.4 Å². The lowest BCUT2D eigenvalue weighted by Crippen LogP contribution is -2.44. The van der Waals surface area contributed by atoms with Crippen molar-refractivity contribution in [1.29, 1.82) is 0 Å². The van der Waals surface area contributed by atoms with Crippen LogP contribution in [-0.2, 0) is 11.2 Å². The molecule has 1 atom stereocenters. The van der Waals surface area contributed by atoms with E-state index in [-0.39, 0.29) is 11.9 Å². The molecule has 0 spiro atoms. The van der Waals surface area contributed by atoms with Crippen LogP contribution in [0.25, 0.3) is 11.3 Å². The first kappa shape index (κ1) is 21.8. The molecule has 4 N–H and O–H groups in total. The van der Waals surface area contributed by atoms with Gasteiger partial charge in [-0.25, -0.2) is 0 Å². The summed E-state index contributed by atoms with van der Waals surface area (Å²) in [6, 6.07) is 7.69. The van der Waals surface area contributed by atoms with Gasteiger partial charge in [-0.2, -0.15) is 0 Å². The summed E-state index contributed by atoms with van der Waals surface area (Å²) in [4.78, 5) is 20.6. The minimum Gasteiger partial charge on any atom is -0.490 e. The zero-order valence-corrected chi connectivity index (χ0v) is 19.1. The molecule has 0 bridgehead atoms. The second-order valence-corrected chi connectivity index (χ2v) is 8.59. The number of rotatable bonds is 6. The molecule has 2 aliphatic rings. The minimum absolute atomic E-state index is 0.110. The van der Waals surface area contributed by atoms with E-state index in [9.17, 15) is 4.79 Å². The number of nitrogens with zero attached hydrogens (tertiary/aromatic N) is 1. The lowest BCUT2D eigenvalue weighted by atomic mass is 10.0. The van der Waals surface area contributed by atoms with Crippen molar-refractivity contribution in [1.82, 2.24) is 20.6 Å². The number of aromatic amines is 1. The zero-order chi connectivity index (χ0) is 22.8. The molecule has 33 heavy (non-hydrogen) atoms. The van der Waals surface area contributed by atoms with E-state index in [0.29, 0.717) is 48.4 Å². The molecule has 0 radical (unpaired) electrons. The van der Waals surface area contributed by atoms with Crippen molar-refractivity contribution in [2.75, 3.05) is 38.2 Å². The molecule has 3 aromatic rings. The van der Waals surface area contributed by atoms with Crippen molar-refractivity contribution in [2.45, 2.75) is 19.4 Å². The lowest BCUT2D eigenvalue weighted by Gasteiger charge is -2.24. The van der Waals surface area contributed by atoms with Crippen LogP contribution in [0.5, 0.6) is 5.75 Å². The molecule has 2 aromatic heterocycles. The Labute approximate surface area is 197 Å². The van der Waals surface area contributed by atoms with Crippen LogP contribution in [0.3, 0.4) is 0 Å². The number of aromatic nitrogens is 2. The average Bonchev–Trinajstić information content (AvgIpc) is 3.21. The highest BCUT2D eigenvalue weighted by Crippen LogP contribution is 2.41. The van der Waals surface area contributed by atoms with E-state index in [4.69, 9.17) is 21.1 Å². The molecule has 1 amide bonds. The van der Waals surface area contributed by atoms with Gasteiger partial charge in [0.25, 0.3) is 5.91 Å². The van der Waals surface area contributed by atoms with Gasteiger partial charge in [-0.05, 0) is 30.7 Å². The summed E-state index contributed by atoms with van der Waals surface area (Å²) in [5, 5.41) is 10.5. The highest BCUT2D eigenvalue weighted by molar-refractivity contribution is 6.31. The molecular weight excluding hydrogens is 442 g/mol. The molecule has 0 aliphatic carbocycles. The maximum Gasteiger partial charge on any atom is 0.255 e. The van der Waals surface area contributed by atoms with Crippen LogP contribution < -0.4 is 20.7 Å². The van der Waals surface area contributed by atoms with Crippen LogP contribution in [0.2, 0.25) is 5.02 Å². The first-order valence-electron chi connectivity index (χ1n) is 11.1. The molecule has 9 heteroatoms. The van der Waals surface area contributed by atoms with E-state index in [2.05, 4.69) is 25.9 Å². The number of carbonyl (C=O) groups is 1. The first-order valence-corrected chi connectivity index (χ1v) is 11.4. The fraction of sp³-hybridized carbons (Fsp3) is 0.333. The van der Waals surface area contributed by atoms with Gasteiger partial charge in [0, 0.05) is 47.7 Å². The number of pyridine rings is 1. The fourth-order valence-electron chi connectivity index (χ4n) is 4.20. The number of benzene rings is 1. The third kappa shape index (κ3) is 4.42. The molecule has 0 saturated carbocycles. The number of ether oxygens (including phenoxy) is 2. The Morgan fingerprint density at radius 2 is 2.21 bits per heavy atom. The minimum atomic E-state index is -0.110. The Morgan fingerprint density at radius 3 is 3.06 bits per heavy atom. The van der Waals surface area contributed by atoms with E-state index in [1.165, 1.54) is 0 Å². The maximum absolute atomic E-state index is 12.8. The van der Waals surface area contributed by atoms with Crippen LogP contribution in [0.15, 0.2) is 36.7 Å². The van der Waals surface area contributed by atoms with E-state index in [1.54, 1.807) is 12.4 Å². The second-order valence-electron chi connectivity index (χ2n) is 8.18. The number of hydrogen-bond donors (Lipinski definition) is 4. The van der Waals surface area contributed by atoms with Gasteiger partial charge < -0.3 is 30.4 Å². The van der Waals surface area contributed by atoms with Crippen molar-refractivity contribution < 1.29 is 14.3 Å². The summed E-state index contributed by atoms with van der Waals surface area (Å²) in [5.41, 5.74) is 5.55. The Morgan fingerprint density at radius 1 is 1.30 bits per heavy atom. The number of fused-ring (bicyclic) bond motifs is 1. The van der Waals surface area contributed by atoms with Crippen molar-refractivity contribution in [3.63, 3.8) is 0 Å². The van der Waals surface area contributed by atoms with E-state index < -0.39 is 0 Å². The van der Waals surface area contributed by atoms with Crippen molar-refractivity contribution in [3.05, 3.63) is 58.5 Å². The molecule has 5 rings (SSSR count). The van der Waals surface area contributed by atoms with Gasteiger partial charge in [0.1, 0.15) is 12.4 Å². The number of morpholine rings is 1. The van der Waals surface area contributed by atoms with Crippen LogP contribution >= 0.6 is 11.6 Å². The topological polar surface area (TPSA) is 100 Å². The van der Waals surface area contributed by atoms with Crippen LogP contribution in [0.4, 0.5) is 11.4 Å². The number of nitrogens with one attached hydrogen (secondary N) is 4. The van der Waals surface area contributed by atoms with Crippen molar-refractivity contribution in [2.24, 2.45) is 0 Å². The zero-order valence-electron chi connectivity index (χ0n) is 18.3. The highest BCUT2D eigenvalue weighted by Gasteiger charge is 2.28. The Bertz CT molecular complexity index is 1170. The molecule has 1 fully saturated rings. The number of H-pyrrole nitrogens is 1. The largest absolute Gasteiger partial charge is 0.490 e. The van der Waals surface area contributed by atoms with Crippen molar-refractivity contribution >= 4 is 28.9 Å². The maximum atomic E-state index is 12.8. The predicted octanol–water partition coefficient (Wildman–Crippen LogP) is 3.44.